The van der Waals surface area contributed by atoms with Crippen molar-refractivity contribution < 1.29 is 23.8 Å². The van der Waals surface area contributed by atoms with Gasteiger partial charge in [-0.05, 0) is 17.7 Å². The minimum absolute atomic E-state index is 0.0253. The van der Waals surface area contributed by atoms with Crippen molar-refractivity contribution in [1.29, 1.82) is 0 Å². The third kappa shape index (κ3) is 3.08. The average Bonchev–Trinajstić information content (AvgIpc) is 2.33. The van der Waals surface area contributed by atoms with Crippen LogP contribution in [0.3, 0.4) is 0 Å². The molecule has 0 aromatic heterocycles. The van der Waals surface area contributed by atoms with E-state index >= 15 is 0 Å². The Morgan fingerprint density at radius 2 is 1.95 bits per heavy atom. The highest BCUT2D eigenvalue weighted by Crippen LogP contribution is 2.63. The SMILES string of the molecule is CC1(C)CO[P](O)(O)OC1c1ccc([N+](=O)[O-])cc1. The first-order valence-corrected chi connectivity index (χ1v) is 7.16. The number of nitro groups is 1. The van der Waals surface area contributed by atoms with Gasteiger partial charge >= 0.3 is 8.17 Å². The van der Waals surface area contributed by atoms with Crippen LogP contribution in [0.1, 0.15) is 25.5 Å². The molecule has 1 fully saturated rings. The predicted octanol–water partition coefficient (Wildman–Crippen LogP) is 2.37. The Balaban J connectivity index is 2.30. The Hall–Kier alpha value is -1.11. The van der Waals surface area contributed by atoms with E-state index < -0.39 is 24.6 Å². The van der Waals surface area contributed by atoms with E-state index in [4.69, 9.17) is 9.05 Å². The van der Waals surface area contributed by atoms with Crippen molar-refractivity contribution in [2.75, 3.05) is 6.61 Å². The lowest BCUT2D eigenvalue weighted by molar-refractivity contribution is -0.384. The van der Waals surface area contributed by atoms with Crippen molar-refractivity contribution >= 4 is 13.9 Å². The number of nitrogens with zero attached hydrogens (tertiary/aromatic N) is 1. The number of non-ortho nitro benzene ring substituents is 1. The molecule has 0 bridgehead atoms. The van der Waals surface area contributed by atoms with Crippen LogP contribution in [0.15, 0.2) is 24.3 Å². The highest BCUT2D eigenvalue weighted by atomic mass is 31.2. The zero-order valence-corrected chi connectivity index (χ0v) is 11.4. The van der Waals surface area contributed by atoms with E-state index in [1.165, 1.54) is 12.1 Å². The van der Waals surface area contributed by atoms with Crippen LogP contribution in [-0.2, 0) is 9.05 Å². The Bertz CT molecular complexity index is 486. The fourth-order valence-electron chi connectivity index (χ4n) is 1.92. The van der Waals surface area contributed by atoms with E-state index in [-0.39, 0.29) is 12.3 Å². The maximum Gasteiger partial charge on any atom is 0.375 e. The second kappa shape index (κ2) is 4.77. The minimum Gasteiger partial charge on any atom is -0.314 e. The van der Waals surface area contributed by atoms with Crippen LogP contribution in [0.25, 0.3) is 0 Å². The van der Waals surface area contributed by atoms with Gasteiger partial charge in [0.25, 0.3) is 5.69 Å². The van der Waals surface area contributed by atoms with Gasteiger partial charge in [-0.3, -0.25) is 19.2 Å². The molecule has 8 heteroatoms. The van der Waals surface area contributed by atoms with Gasteiger partial charge < -0.3 is 9.79 Å². The fourth-order valence-corrected chi connectivity index (χ4v) is 3.16. The van der Waals surface area contributed by atoms with Crippen LogP contribution in [0, 0.1) is 15.5 Å². The molecule has 2 N–H and O–H groups in total. The Kier molecular flexibility index (Phi) is 3.59. The third-order valence-corrected chi connectivity index (χ3v) is 3.91. The molecule has 1 aliphatic heterocycles. The molecule has 1 radical (unpaired) electrons. The first kappa shape index (κ1) is 14.3. The molecule has 1 aromatic rings. The summed E-state index contributed by atoms with van der Waals surface area (Å²) in [4.78, 5) is 29.1. The van der Waals surface area contributed by atoms with Gasteiger partial charge in [0.05, 0.1) is 11.5 Å². The van der Waals surface area contributed by atoms with Crippen LogP contribution in [0.2, 0.25) is 0 Å². The van der Waals surface area contributed by atoms with Gasteiger partial charge in [0.1, 0.15) is 6.10 Å². The van der Waals surface area contributed by atoms with Crippen molar-refractivity contribution in [1.82, 2.24) is 0 Å². The van der Waals surface area contributed by atoms with Crippen molar-refractivity contribution in [2.24, 2.45) is 5.41 Å². The number of hydrogen-bond acceptors (Lipinski definition) is 6. The lowest BCUT2D eigenvalue weighted by Gasteiger charge is -2.43. The number of benzene rings is 1. The molecule has 0 aliphatic carbocycles. The maximum atomic E-state index is 10.6. The predicted molar refractivity (Wildman–Crippen MR) is 68.0 cm³/mol. The van der Waals surface area contributed by atoms with E-state index in [0.717, 1.165) is 0 Å². The summed E-state index contributed by atoms with van der Waals surface area (Å²) in [6.45, 7) is 3.85. The second-order valence-electron chi connectivity index (χ2n) is 5.09. The topological polar surface area (TPSA) is 102 Å². The summed E-state index contributed by atoms with van der Waals surface area (Å²) >= 11 is 0. The van der Waals surface area contributed by atoms with E-state index in [1.807, 2.05) is 13.8 Å². The van der Waals surface area contributed by atoms with Gasteiger partial charge in [-0.25, -0.2) is 0 Å². The lowest BCUT2D eigenvalue weighted by atomic mass is 9.83. The highest BCUT2D eigenvalue weighted by molar-refractivity contribution is 7.54. The summed E-state index contributed by atoms with van der Waals surface area (Å²) in [6.07, 6.45) is -0.592. The van der Waals surface area contributed by atoms with Crippen molar-refractivity contribution in [3.8, 4) is 0 Å². The van der Waals surface area contributed by atoms with Gasteiger partial charge in [-0.15, -0.1) is 0 Å². The molecule has 1 atom stereocenters. The Morgan fingerprint density at radius 1 is 1.37 bits per heavy atom. The zero-order chi connectivity index (χ0) is 14.3. The molecular formula is C11H15NO6P. The molecule has 105 valence electrons. The summed E-state index contributed by atoms with van der Waals surface area (Å²) in [5.74, 6) is 0. The molecule has 1 heterocycles. The van der Waals surface area contributed by atoms with E-state index in [1.54, 1.807) is 12.1 Å². The second-order valence-corrected chi connectivity index (χ2v) is 6.54. The monoisotopic (exact) mass is 288 g/mol. The summed E-state index contributed by atoms with van der Waals surface area (Å²) in [6, 6.07) is 5.82. The average molecular weight is 288 g/mol. The van der Waals surface area contributed by atoms with Crippen LogP contribution >= 0.6 is 8.17 Å². The third-order valence-electron chi connectivity index (χ3n) is 2.96. The summed E-state index contributed by atoms with van der Waals surface area (Å²) in [7, 11) is -3.80. The van der Waals surface area contributed by atoms with E-state index in [0.29, 0.717) is 5.56 Å². The molecule has 1 aromatic carbocycles. The van der Waals surface area contributed by atoms with Gasteiger partial charge in [0.15, 0.2) is 0 Å². The lowest BCUT2D eigenvalue weighted by Crippen LogP contribution is -2.34. The van der Waals surface area contributed by atoms with E-state index in [2.05, 4.69) is 0 Å². The first-order chi connectivity index (χ1) is 8.71. The molecule has 0 saturated carbocycles. The fraction of sp³-hybridized carbons (Fsp3) is 0.455. The summed E-state index contributed by atoms with van der Waals surface area (Å²) in [5, 5.41) is 10.6. The van der Waals surface area contributed by atoms with Gasteiger partial charge in [-0.1, -0.05) is 13.8 Å². The first-order valence-electron chi connectivity index (χ1n) is 5.63. The van der Waals surface area contributed by atoms with Crippen molar-refractivity contribution in [3.05, 3.63) is 39.9 Å². The molecule has 1 saturated heterocycles. The summed E-state index contributed by atoms with van der Waals surface area (Å²) in [5.41, 5.74) is 0.152. The maximum absolute atomic E-state index is 10.6. The molecule has 0 amide bonds. The normalized spacial score (nSPS) is 24.9. The molecular weight excluding hydrogens is 273 g/mol. The highest BCUT2D eigenvalue weighted by Gasteiger charge is 2.45. The number of hydrogen-bond donors (Lipinski definition) is 2. The zero-order valence-electron chi connectivity index (χ0n) is 10.5. The largest absolute Gasteiger partial charge is 0.375 e. The summed E-state index contributed by atoms with van der Waals surface area (Å²) < 4.78 is 10.1. The standard InChI is InChI=1S/C11H15NO6P/c1-11(2)7-17-19(15,16)18-10(11)8-3-5-9(6-4-8)12(13)14/h3-6,10,15-16H,7H2,1-2H3. The van der Waals surface area contributed by atoms with Crippen LogP contribution < -0.4 is 0 Å². The smallest absolute Gasteiger partial charge is 0.314 e. The molecule has 1 unspecified atom stereocenters. The Labute approximate surface area is 110 Å². The van der Waals surface area contributed by atoms with Gasteiger partial charge in [0, 0.05) is 17.5 Å². The molecule has 7 nitrogen and oxygen atoms in total. The van der Waals surface area contributed by atoms with Gasteiger partial charge in [-0.2, -0.15) is 0 Å². The number of nitro benzene ring substituents is 1. The van der Waals surface area contributed by atoms with Crippen LogP contribution in [-0.4, -0.2) is 21.3 Å². The van der Waals surface area contributed by atoms with E-state index in [9.17, 15) is 19.9 Å². The molecule has 0 spiro atoms. The van der Waals surface area contributed by atoms with Crippen molar-refractivity contribution in [3.63, 3.8) is 0 Å². The molecule has 1 aliphatic rings. The quantitative estimate of drug-likeness (QED) is 0.492. The van der Waals surface area contributed by atoms with Crippen LogP contribution in [0.4, 0.5) is 5.69 Å². The van der Waals surface area contributed by atoms with Gasteiger partial charge in [0.2, 0.25) is 0 Å². The number of rotatable bonds is 2. The van der Waals surface area contributed by atoms with Crippen LogP contribution in [0.5, 0.6) is 0 Å². The Morgan fingerprint density at radius 3 is 2.47 bits per heavy atom. The minimum atomic E-state index is -3.80. The van der Waals surface area contributed by atoms with Crippen molar-refractivity contribution in [2.45, 2.75) is 20.0 Å². The molecule has 2 rings (SSSR count). The molecule has 19 heavy (non-hydrogen) atoms.